The molecule has 2 aromatic rings. The van der Waals surface area contributed by atoms with Crippen molar-refractivity contribution in [1.29, 1.82) is 0 Å². The van der Waals surface area contributed by atoms with Gasteiger partial charge in [0, 0.05) is 36.6 Å². The number of hydrogen-bond donors (Lipinski definition) is 2. The predicted octanol–water partition coefficient (Wildman–Crippen LogP) is 1.72. The maximum Gasteiger partial charge on any atom is 0.129 e. The maximum atomic E-state index is 9.34. The van der Waals surface area contributed by atoms with Crippen molar-refractivity contribution in [1.82, 2.24) is 15.0 Å². The van der Waals surface area contributed by atoms with E-state index in [9.17, 15) is 5.11 Å². The fraction of sp³-hybridized carbons (Fsp3) is 0.357. The summed E-state index contributed by atoms with van der Waals surface area (Å²) in [4.78, 5) is 12.6. The minimum atomic E-state index is -0.160. The summed E-state index contributed by atoms with van der Waals surface area (Å²) >= 11 is 0. The predicted molar refractivity (Wildman–Crippen MR) is 71.6 cm³/mol. The first-order chi connectivity index (χ1) is 9.31. The summed E-state index contributed by atoms with van der Waals surface area (Å²) in [5.74, 6) is 1.19. The van der Waals surface area contributed by atoms with Crippen LogP contribution >= 0.6 is 0 Å². The van der Waals surface area contributed by atoms with Crippen LogP contribution in [0.25, 0.3) is 0 Å². The Hall–Kier alpha value is -2.01. The van der Waals surface area contributed by atoms with Crippen molar-refractivity contribution >= 4 is 5.82 Å². The number of rotatable bonds is 4. The van der Waals surface area contributed by atoms with Crippen molar-refractivity contribution < 1.29 is 5.11 Å². The quantitative estimate of drug-likeness (QED) is 0.871. The van der Waals surface area contributed by atoms with Gasteiger partial charge in [-0.3, -0.25) is 4.98 Å². The summed E-state index contributed by atoms with van der Waals surface area (Å²) in [6.45, 7) is 0.692. The van der Waals surface area contributed by atoms with Gasteiger partial charge in [0.15, 0.2) is 0 Å². The molecule has 0 aliphatic heterocycles. The van der Waals surface area contributed by atoms with Gasteiger partial charge >= 0.3 is 0 Å². The van der Waals surface area contributed by atoms with E-state index in [2.05, 4.69) is 20.3 Å². The molecule has 1 saturated carbocycles. The molecule has 0 aromatic carbocycles. The number of hydrogen-bond acceptors (Lipinski definition) is 5. The number of aromatic nitrogens is 3. The molecule has 2 aromatic heterocycles. The largest absolute Gasteiger partial charge is 0.393 e. The molecule has 5 heteroatoms. The summed E-state index contributed by atoms with van der Waals surface area (Å²) < 4.78 is 0. The van der Waals surface area contributed by atoms with E-state index < -0.39 is 0 Å². The van der Waals surface area contributed by atoms with Crippen molar-refractivity contribution in [3.63, 3.8) is 0 Å². The van der Waals surface area contributed by atoms with Gasteiger partial charge in [0.05, 0.1) is 6.10 Å². The Labute approximate surface area is 111 Å². The molecule has 2 N–H and O–H groups in total. The summed E-state index contributed by atoms with van der Waals surface area (Å²) in [5.41, 5.74) is 2.12. The summed E-state index contributed by atoms with van der Waals surface area (Å²) in [6, 6.07) is 5.90. The Kier molecular flexibility index (Phi) is 3.37. The maximum absolute atomic E-state index is 9.34. The zero-order valence-electron chi connectivity index (χ0n) is 10.5. The lowest BCUT2D eigenvalue weighted by molar-refractivity contribution is 0.0732. The van der Waals surface area contributed by atoms with Gasteiger partial charge in [0.25, 0.3) is 0 Å². The minimum absolute atomic E-state index is 0.160. The molecule has 19 heavy (non-hydrogen) atoms. The van der Waals surface area contributed by atoms with Crippen LogP contribution in [0, 0.1) is 0 Å². The van der Waals surface area contributed by atoms with Crippen LogP contribution in [0.1, 0.15) is 30.0 Å². The zero-order chi connectivity index (χ0) is 13.1. The second kappa shape index (κ2) is 5.32. The highest BCUT2D eigenvalue weighted by Gasteiger charge is 2.29. The molecule has 0 amide bonds. The van der Waals surface area contributed by atoms with E-state index in [0.29, 0.717) is 12.5 Å². The lowest BCUT2D eigenvalue weighted by Gasteiger charge is -2.30. The van der Waals surface area contributed by atoms with Gasteiger partial charge in [-0.2, -0.15) is 0 Å². The molecule has 0 bridgehead atoms. The second-order valence-corrected chi connectivity index (χ2v) is 4.87. The summed E-state index contributed by atoms with van der Waals surface area (Å²) in [7, 11) is 0. The number of anilines is 1. The first-order valence-corrected chi connectivity index (χ1v) is 6.44. The van der Waals surface area contributed by atoms with Crippen LogP contribution < -0.4 is 5.32 Å². The van der Waals surface area contributed by atoms with Gasteiger partial charge in [-0.05, 0) is 24.5 Å². The van der Waals surface area contributed by atoms with E-state index in [1.165, 1.54) is 0 Å². The van der Waals surface area contributed by atoms with Crippen molar-refractivity contribution in [3.8, 4) is 0 Å². The van der Waals surface area contributed by atoms with Gasteiger partial charge in [-0.1, -0.05) is 6.07 Å². The lowest BCUT2D eigenvalue weighted by Crippen LogP contribution is -2.27. The Balaban J connectivity index is 1.63. The average Bonchev–Trinajstić information content (AvgIpc) is 2.43. The summed E-state index contributed by atoms with van der Waals surface area (Å²) in [6.07, 6.45) is 6.61. The van der Waals surface area contributed by atoms with Crippen LogP contribution in [0.5, 0.6) is 0 Å². The molecule has 0 spiro atoms. The Morgan fingerprint density at radius 2 is 2.21 bits per heavy atom. The molecule has 98 valence electrons. The van der Waals surface area contributed by atoms with Gasteiger partial charge in [0.1, 0.15) is 12.1 Å². The monoisotopic (exact) mass is 256 g/mol. The van der Waals surface area contributed by atoms with Gasteiger partial charge in [0.2, 0.25) is 0 Å². The smallest absolute Gasteiger partial charge is 0.129 e. The van der Waals surface area contributed by atoms with Crippen LogP contribution in [0.3, 0.4) is 0 Å². The molecule has 0 radical (unpaired) electrons. The van der Waals surface area contributed by atoms with Crippen molar-refractivity contribution in [2.24, 2.45) is 0 Å². The number of nitrogens with zero attached hydrogens (tertiary/aromatic N) is 3. The topological polar surface area (TPSA) is 70.9 Å². The highest BCUT2D eigenvalue weighted by molar-refractivity contribution is 5.37. The van der Waals surface area contributed by atoms with E-state index in [1.807, 2.05) is 24.4 Å². The Bertz CT molecular complexity index is 540. The molecule has 0 saturated heterocycles. The van der Waals surface area contributed by atoms with Gasteiger partial charge in [-0.15, -0.1) is 0 Å². The number of aliphatic hydroxyl groups excluding tert-OH is 1. The standard InChI is InChI=1S/C14H16N4O/c19-12-4-11(5-12)13-6-14(18-9-17-13)16-8-10-2-1-3-15-7-10/h1-3,6-7,9,11-12,19H,4-5,8H2,(H,16,17,18). The molecule has 1 aliphatic carbocycles. The molecule has 0 unspecified atom stereocenters. The van der Waals surface area contributed by atoms with Crippen molar-refractivity contribution in [2.75, 3.05) is 5.32 Å². The molecule has 3 rings (SSSR count). The Morgan fingerprint density at radius 3 is 2.95 bits per heavy atom. The van der Waals surface area contributed by atoms with Crippen molar-refractivity contribution in [3.05, 3.63) is 48.2 Å². The SMILES string of the molecule is OC1CC(c2cc(NCc3cccnc3)ncn2)C1. The molecule has 2 heterocycles. The summed E-state index contributed by atoms with van der Waals surface area (Å²) in [5, 5.41) is 12.6. The Morgan fingerprint density at radius 1 is 1.32 bits per heavy atom. The minimum Gasteiger partial charge on any atom is -0.393 e. The normalized spacial score (nSPS) is 21.7. The van der Waals surface area contributed by atoms with E-state index >= 15 is 0 Å². The molecule has 1 fully saturated rings. The number of nitrogens with one attached hydrogen (secondary N) is 1. The van der Waals surface area contributed by atoms with Crippen LogP contribution in [-0.4, -0.2) is 26.2 Å². The number of pyridine rings is 1. The molecule has 1 aliphatic rings. The van der Waals surface area contributed by atoms with Gasteiger partial charge in [-0.25, -0.2) is 9.97 Å². The van der Waals surface area contributed by atoms with E-state index in [4.69, 9.17) is 0 Å². The van der Waals surface area contributed by atoms with Crippen LogP contribution in [-0.2, 0) is 6.54 Å². The molecular weight excluding hydrogens is 240 g/mol. The number of aliphatic hydroxyl groups is 1. The van der Waals surface area contributed by atoms with Crippen LogP contribution in [0.15, 0.2) is 36.9 Å². The fourth-order valence-corrected chi connectivity index (χ4v) is 2.22. The molecule has 0 atom stereocenters. The second-order valence-electron chi connectivity index (χ2n) is 4.87. The first kappa shape index (κ1) is 12.0. The average molecular weight is 256 g/mol. The third-order valence-corrected chi connectivity index (χ3v) is 3.42. The fourth-order valence-electron chi connectivity index (χ4n) is 2.22. The van der Waals surface area contributed by atoms with Crippen LogP contribution in [0.4, 0.5) is 5.82 Å². The van der Waals surface area contributed by atoms with E-state index in [-0.39, 0.29) is 6.10 Å². The zero-order valence-corrected chi connectivity index (χ0v) is 10.5. The first-order valence-electron chi connectivity index (χ1n) is 6.44. The van der Waals surface area contributed by atoms with E-state index in [0.717, 1.165) is 29.9 Å². The lowest BCUT2D eigenvalue weighted by atomic mass is 9.80. The van der Waals surface area contributed by atoms with Gasteiger partial charge < -0.3 is 10.4 Å². The molecular formula is C14H16N4O. The highest BCUT2D eigenvalue weighted by atomic mass is 16.3. The highest BCUT2D eigenvalue weighted by Crippen LogP contribution is 2.35. The van der Waals surface area contributed by atoms with E-state index in [1.54, 1.807) is 12.5 Å². The third-order valence-electron chi connectivity index (χ3n) is 3.42. The molecule has 5 nitrogen and oxygen atoms in total. The van der Waals surface area contributed by atoms with Crippen LogP contribution in [0.2, 0.25) is 0 Å². The van der Waals surface area contributed by atoms with Crippen molar-refractivity contribution in [2.45, 2.75) is 31.4 Å². The third kappa shape index (κ3) is 2.88.